The van der Waals surface area contributed by atoms with E-state index in [0.29, 0.717) is 0 Å². The van der Waals surface area contributed by atoms with E-state index >= 15 is 0 Å². The number of carbonyl (C=O) groups excluding carboxylic acids is 1. The Morgan fingerprint density at radius 3 is 2.24 bits per heavy atom. The van der Waals surface area contributed by atoms with Gasteiger partial charge in [0.1, 0.15) is 5.78 Å². The van der Waals surface area contributed by atoms with E-state index < -0.39 is 5.97 Å². The highest BCUT2D eigenvalue weighted by Crippen LogP contribution is 2.17. The van der Waals surface area contributed by atoms with Gasteiger partial charge in [0, 0.05) is 12.0 Å². The molecule has 0 saturated carbocycles. The molecule has 0 saturated heterocycles. The van der Waals surface area contributed by atoms with E-state index in [0.717, 1.165) is 12.8 Å². The van der Waals surface area contributed by atoms with Crippen molar-refractivity contribution in [2.75, 3.05) is 0 Å². The zero-order chi connectivity index (χ0) is 13.3. The van der Waals surface area contributed by atoms with Gasteiger partial charge >= 0.3 is 5.97 Å². The molecule has 17 heavy (non-hydrogen) atoms. The molecule has 1 aliphatic rings. The monoisotopic (exact) mass is 239 g/mol. The summed E-state index contributed by atoms with van der Waals surface area (Å²) in [4.78, 5) is 19.8. The normalized spacial score (nSPS) is 21.6. The zero-order valence-electron chi connectivity index (χ0n) is 10.5. The molecule has 4 nitrogen and oxygen atoms in total. The van der Waals surface area contributed by atoms with E-state index in [4.69, 9.17) is 10.8 Å². The van der Waals surface area contributed by atoms with Crippen molar-refractivity contribution in [3.05, 3.63) is 24.3 Å². The molecule has 0 fully saturated rings. The van der Waals surface area contributed by atoms with Crippen molar-refractivity contribution in [3.63, 3.8) is 0 Å². The van der Waals surface area contributed by atoms with E-state index in [-0.39, 0.29) is 24.2 Å². The van der Waals surface area contributed by atoms with E-state index in [1.54, 1.807) is 0 Å². The van der Waals surface area contributed by atoms with Crippen molar-refractivity contribution in [1.82, 2.24) is 0 Å². The van der Waals surface area contributed by atoms with Crippen LogP contribution in [0.2, 0.25) is 0 Å². The fraction of sp³-hybridized carbons (Fsp3) is 0.538. The number of carboxylic acid groups (broad SMARTS) is 1. The molecule has 4 heteroatoms. The van der Waals surface area contributed by atoms with Gasteiger partial charge in [0.05, 0.1) is 6.42 Å². The van der Waals surface area contributed by atoms with Crippen LogP contribution in [0.25, 0.3) is 0 Å². The summed E-state index contributed by atoms with van der Waals surface area (Å²) in [6.45, 7) is 3.49. The lowest BCUT2D eigenvalue weighted by Crippen LogP contribution is -2.36. The van der Waals surface area contributed by atoms with Crippen LogP contribution in [-0.4, -0.2) is 22.4 Å². The van der Waals surface area contributed by atoms with Crippen LogP contribution in [0.15, 0.2) is 24.3 Å². The minimum Gasteiger partial charge on any atom is -0.481 e. The second-order valence-electron chi connectivity index (χ2n) is 4.17. The van der Waals surface area contributed by atoms with E-state index in [1.165, 1.54) is 6.92 Å². The van der Waals surface area contributed by atoms with Gasteiger partial charge < -0.3 is 15.6 Å². The van der Waals surface area contributed by atoms with Crippen LogP contribution >= 0.6 is 0 Å². The molecule has 0 aromatic rings. The molecule has 0 radical (unpaired) electrons. The van der Waals surface area contributed by atoms with Gasteiger partial charge in [0.25, 0.3) is 0 Å². The number of hydrogen-bond donors (Lipinski definition) is 2. The summed E-state index contributed by atoms with van der Waals surface area (Å²) in [7, 11) is 0. The van der Waals surface area contributed by atoms with Crippen LogP contribution in [0.4, 0.5) is 0 Å². The second-order valence-corrected chi connectivity index (χ2v) is 4.17. The van der Waals surface area contributed by atoms with Crippen molar-refractivity contribution in [2.24, 2.45) is 5.73 Å². The Labute approximate surface area is 102 Å². The number of aliphatic carboxylic acids is 1. The smallest absolute Gasteiger partial charge is 0.303 e. The van der Waals surface area contributed by atoms with Gasteiger partial charge in [-0.2, -0.15) is 0 Å². The first-order valence-electron chi connectivity index (χ1n) is 5.74. The largest absolute Gasteiger partial charge is 0.481 e. The van der Waals surface area contributed by atoms with Gasteiger partial charge in [-0.3, -0.25) is 4.79 Å². The first kappa shape index (κ1) is 15.6. The maximum absolute atomic E-state index is 10.1. The number of rotatable bonds is 4. The van der Waals surface area contributed by atoms with Gasteiger partial charge in [-0.25, -0.2) is 0 Å². The molecule has 0 heterocycles. The van der Waals surface area contributed by atoms with Crippen molar-refractivity contribution >= 4 is 11.8 Å². The maximum atomic E-state index is 10.1. The molecule has 0 aromatic heterocycles. The van der Waals surface area contributed by atoms with Gasteiger partial charge in [-0.1, -0.05) is 31.2 Å². The van der Waals surface area contributed by atoms with Crippen molar-refractivity contribution < 1.29 is 14.7 Å². The SMILES string of the molecule is CC(=O)CCC(=O)O.CCC1(N)C=CC=CC1. The lowest BCUT2D eigenvalue weighted by atomic mass is 9.90. The maximum Gasteiger partial charge on any atom is 0.303 e. The molecule has 1 unspecified atom stereocenters. The fourth-order valence-electron chi connectivity index (χ4n) is 1.23. The molecular formula is C13H21NO3. The average molecular weight is 239 g/mol. The Hall–Kier alpha value is -1.42. The Morgan fingerprint density at radius 1 is 1.35 bits per heavy atom. The predicted molar refractivity (Wildman–Crippen MR) is 67.7 cm³/mol. The van der Waals surface area contributed by atoms with Crippen molar-refractivity contribution in [1.29, 1.82) is 0 Å². The minimum atomic E-state index is -0.916. The van der Waals surface area contributed by atoms with Crippen LogP contribution in [0.3, 0.4) is 0 Å². The molecule has 96 valence electrons. The number of nitrogens with two attached hydrogens (primary N) is 1. The zero-order valence-corrected chi connectivity index (χ0v) is 10.5. The molecule has 1 aliphatic carbocycles. The van der Waals surface area contributed by atoms with Crippen LogP contribution in [0.1, 0.15) is 39.5 Å². The van der Waals surface area contributed by atoms with Gasteiger partial charge in [-0.05, 0) is 19.8 Å². The molecule has 0 aliphatic heterocycles. The number of hydrogen-bond acceptors (Lipinski definition) is 3. The number of Topliss-reactive ketones (excluding diaryl/α,β-unsaturated/α-hetero) is 1. The number of ketones is 1. The Balaban J connectivity index is 0.000000304. The summed E-state index contributed by atoms with van der Waals surface area (Å²) in [5.41, 5.74) is 5.87. The summed E-state index contributed by atoms with van der Waals surface area (Å²) in [6, 6.07) is 0. The lowest BCUT2D eigenvalue weighted by Gasteiger charge is -2.23. The van der Waals surface area contributed by atoms with Gasteiger partial charge in [-0.15, -0.1) is 0 Å². The third kappa shape index (κ3) is 8.39. The quantitative estimate of drug-likeness (QED) is 0.786. The summed E-state index contributed by atoms with van der Waals surface area (Å²) in [5, 5.41) is 8.01. The standard InChI is InChI=1S/C8H13N.C5H8O3/c1-2-8(9)6-4-3-5-7-8;1-4(6)2-3-5(7)8/h3-6H,2,7,9H2,1H3;2-3H2,1H3,(H,7,8). The van der Waals surface area contributed by atoms with E-state index in [2.05, 4.69) is 19.1 Å². The molecule has 0 bridgehead atoms. The highest BCUT2D eigenvalue weighted by atomic mass is 16.4. The molecule has 0 aromatic carbocycles. The molecule has 0 spiro atoms. The van der Waals surface area contributed by atoms with E-state index in [9.17, 15) is 9.59 Å². The number of carboxylic acids is 1. The highest BCUT2D eigenvalue weighted by Gasteiger charge is 2.17. The van der Waals surface area contributed by atoms with Crippen LogP contribution < -0.4 is 5.73 Å². The third-order valence-electron chi connectivity index (χ3n) is 2.52. The number of carbonyl (C=O) groups is 2. The van der Waals surface area contributed by atoms with Crippen molar-refractivity contribution in [3.8, 4) is 0 Å². The molecule has 1 rings (SSSR count). The predicted octanol–water partition coefficient (Wildman–Crippen LogP) is 2.05. The minimum absolute atomic E-state index is 0.0463. The number of allylic oxidation sites excluding steroid dienone is 2. The molecule has 1 atom stereocenters. The summed E-state index contributed by atoms with van der Waals surface area (Å²) >= 11 is 0. The first-order valence-corrected chi connectivity index (χ1v) is 5.74. The Kier molecular flexibility index (Phi) is 7.14. The molecule has 0 amide bonds. The molecular weight excluding hydrogens is 218 g/mol. The summed E-state index contributed by atoms with van der Waals surface area (Å²) in [5.74, 6) is -0.993. The van der Waals surface area contributed by atoms with Gasteiger partial charge in [0.2, 0.25) is 0 Å². The third-order valence-corrected chi connectivity index (χ3v) is 2.52. The summed E-state index contributed by atoms with van der Waals surface area (Å²) in [6.07, 6.45) is 10.4. The van der Waals surface area contributed by atoms with Gasteiger partial charge in [0.15, 0.2) is 0 Å². The Bertz CT molecular complexity index is 307. The summed E-state index contributed by atoms with van der Waals surface area (Å²) < 4.78 is 0. The first-order chi connectivity index (χ1) is 7.89. The molecule has 3 N–H and O–H groups in total. The van der Waals surface area contributed by atoms with Crippen LogP contribution in [0.5, 0.6) is 0 Å². The van der Waals surface area contributed by atoms with Crippen molar-refractivity contribution in [2.45, 2.75) is 45.1 Å². The topological polar surface area (TPSA) is 80.4 Å². The van der Waals surface area contributed by atoms with Crippen LogP contribution in [0, 0.1) is 0 Å². The fourth-order valence-corrected chi connectivity index (χ4v) is 1.23. The Morgan fingerprint density at radius 2 is 2.00 bits per heavy atom. The van der Waals surface area contributed by atoms with E-state index in [1.807, 2.05) is 12.2 Å². The average Bonchev–Trinajstić information content (AvgIpc) is 2.28. The van der Waals surface area contributed by atoms with Crippen LogP contribution in [-0.2, 0) is 9.59 Å². The second kappa shape index (κ2) is 7.79. The highest BCUT2D eigenvalue weighted by molar-refractivity contribution is 5.80. The lowest BCUT2D eigenvalue weighted by molar-refractivity contribution is -0.138.